The maximum absolute atomic E-state index is 13.4. The lowest BCUT2D eigenvalue weighted by Gasteiger charge is -2.11. The van der Waals surface area contributed by atoms with Crippen molar-refractivity contribution < 1.29 is 13.9 Å². The number of ether oxygens (including phenoxy) is 1. The minimum atomic E-state index is -0.253. The number of aryl methyl sites for hydroxylation is 2. The molecule has 0 aliphatic heterocycles. The quantitative estimate of drug-likeness (QED) is 0.389. The second-order valence-electron chi connectivity index (χ2n) is 8.09. The first kappa shape index (κ1) is 19.3. The molecule has 0 saturated heterocycles. The van der Waals surface area contributed by atoms with Gasteiger partial charge in [0.2, 0.25) is 0 Å². The molecule has 9 heteroatoms. The van der Waals surface area contributed by atoms with Gasteiger partial charge in [0.25, 0.3) is 0 Å². The van der Waals surface area contributed by atoms with E-state index in [-0.39, 0.29) is 11.5 Å². The van der Waals surface area contributed by atoms with Gasteiger partial charge in [-0.05, 0) is 25.1 Å². The lowest BCUT2D eigenvalue weighted by molar-refractivity contribution is 0.101. The molecule has 0 unspecified atom stereocenters. The highest BCUT2D eigenvalue weighted by atomic mass is 16.5. The molecule has 0 amide bonds. The molecule has 2 aromatic carbocycles. The van der Waals surface area contributed by atoms with Crippen LogP contribution >= 0.6 is 0 Å². The third kappa shape index (κ3) is 2.53. The molecule has 0 aliphatic rings. The van der Waals surface area contributed by atoms with Crippen LogP contribution in [0.15, 0.2) is 52.1 Å². The van der Waals surface area contributed by atoms with Crippen LogP contribution in [-0.4, -0.2) is 36.6 Å². The van der Waals surface area contributed by atoms with Crippen molar-refractivity contribution in [3.8, 4) is 16.9 Å². The fourth-order valence-electron chi connectivity index (χ4n) is 4.51. The van der Waals surface area contributed by atoms with Crippen LogP contribution in [0.5, 0.6) is 5.75 Å². The zero-order chi connectivity index (χ0) is 23.0. The number of imidazole rings is 1. The minimum Gasteiger partial charge on any atom is -0.496 e. The van der Waals surface area contributed by atoms with Crippen LogP contribution in [0, 0.1) is 0 Å². The van der Waals surface area contributed by atoms with E-state index in [0.717, 1.165) is 5.56 Å². The Hall–Kier alpha value is -4.40. The van der Waals surface area contributed by atoms with Crippen LogP contribution in [0.3, 0.4) is 0 Å². The average molecular weight is 441 g/mol. The Labute approximate surface area is 186 Å². The van der Waals surface area contributed by atoms with E-state index in [2.05, 4.69) is 10.1 Å². The van der Waals surface area contributed by atoms with Crippen molar-refractivity contribution in [2.45, 2.75) is 6.92 Å². The number of methoxy groups -OCH3 is 1. The number of nitrogens with zero attached hydrogens (tertiary/aromatic N) is 5. The van der Waals surface area contributed by atoms with Gasteiger partial charge in [-0.25, -0.2) is 4.79 Å². The number of carbonyl (C=O) groups is 1. The van der Waals surface area contributed by atoms with Crippen molar-refractivity contribution in [1.82, 2.24) is 23.7 Å². The third-order valence-electron chi connectivity index (χ3n) is 6.12. The summed E-state index contributed by atoms with van der Waals surface area (Å²) in [7, 11) is 5.13. The number of hydrogen-bond acceptors (Lipinski definition) is 6. The summed E-state index contributed by atoms with van der Waals surface area (Å²) in [5, 5.41) is 5.00. The fraction of sp³-hybridized carbons (Fsp3) is 0.167. The molecule has 0 spiro atoms. The molecule has 4 aromatic heterocycles. The van der Waals surface area contributed by atoms with E-state index < -0.39 is 0 Å². The maximum atomic E-state index is 13.4. The highest BCUT2D eigenvalue weighted by molar-refractivity contribution is 6.16. The molecule has 6 rings (SSSR count). The Morgan fingerprint density at radius 3 is 2.64 bits per heavy atom. The summed E-state index contributed by atoms with van der Waals surface area (Å²) in [5.41, 5.74) is 5.15. The Morgan fingerprint density at radius 1 is 1.12 bits per heavy atom. The first-order valence-electron chi connectivity index (χ1n) is 10.3. The summed E-state index contributed by atoms with van der Waals surface area (Å²) >= 11 is 0. The van der Waals surface area contributed by atoms with Crippen molar-refractivity contribution in [3.05, 3.63) is 58.9 Å². The zero-order valence-corrected chi connectivity index (χ0v) is 18.4. The second kappa shape index (κ2) is 6.55. The number of fused-ring (bicyclic) bond motifs is 2. The highest BCUT2D eigenvalue weighted by Gasteiger charge is 2.24. The fourth-order valence-corrected chi connectivity index (χ4v) is 4.51. The van der Waals surface area contributed by atoms with Crippen LogP contribution in [0.1, 0.15) is 17.3 Å². The normalized spacial score (nSPS) is 11.9. The molecule has 0 N–H and O–H groups in total. The van der Waals surface area contributed by atoms with Gasteiger partial charge in [0.15, 0.2) is 16.9 Å². The predicted molar refractivity (Wildman–Crippen MR) is 124 cm³/mol. The number of benzene rings is 2. The van der Waals surface area contributed by atoms with Crippen LogP contribution in [-0.2, 0) is 14.1 Å². The van der Waals surface area contributed by atoms with Crippen molar-refractivity contribution >= 4 is 44.4 Å². The summed E-state index contributed by atoms with van der Waals surface area (Å²) in [6.45, 7) is 1.49. The van der Waals surface area contributed by atoms with Crippen LogP contribution in [0.2, 0.25) is 0 Å². The van der Waals surface area contributed by atoms with E-state index in [1.54, 1.807) is 58.4 Å². The zero-order valence-electron chi connectivity index (χ0n) is 18.4. The summed E-state index contributed by atoms with van der Waals surface area (Å²) < 4.78 is 17.1. The molecule has 0 fully saturated rings. The van der Waals surface area contributed by atoms with Crippen molar-refractivity contribution in [3.63, 3.8) is 0 Å². The number of rotatable bonds is 3. The smallest absolute Gasteiger partial charge is 0.333 e. The van der Waals surface area contributed by atoms with Gasteiger partial charge >= 0.3 is 5.69 Å². The van der Waals surface area contributed by atoms with Crippen LogP contribution < -0.4 is 10.4 Å². The van der Waals surface area contributed by atoms with Gasteiger partial charge < -0.3 is 9.15 Å². The Balaban J connectivity index is 1.99. The summed E-state index contributed by atoms with van der Waals surface area (Å²) in [6, 6.07) is 6.94. The topological polar surface area (TPSA) is 96.6 Å². The highest BCUT2D eigenvalue weighted by Crippen LogP contribution is 2.42. The molecule has 0 aliphatic carbocycles. The Bertz CT molecular complexity index is 1830. The van der Waals surface area contributed by atoms with Gasteiger partial charge in [-0.3, -0.25) is 23.4 Å². The molecule has 4 heterocycles. The van der Waals surface area contributed by atoms with E-state index in [9.17, 15) is 9.59 Å². The number of pyridine rings is 1. The van der Waals surface area contributed by atoms with E-state index in [0.29, 0.717) is 55.5 Å². The molecule has 0 saturated carbocycles. The number of carbonyl (C=O) groups excluding carboxylic acids is 1. The van der Waals surface area contributed by atoms with Crippen molar-refractivity contribution in [1.29, 1.82) is 0 Å². The Morgan fingerprint density at radius 2 is 1.94 bits per heavy atom. The van der Waals surface area contributed by atoms with E-state index in [1.807, 2.05) is 19.3 Å². The van der Waals surface area contributed by atoms with Gasteiger partial charge in [0, 0.05) is 37.5 Å². The number of aromatic nitrogens is 5. The number of hydrogen-bond donors (Lipinski definition) is 0. The largest absolute Gasteiger partial charge is 0.496 e. The predicted octanol–water partition coefficient (Wildman–Crippen LogP) is 3.70. The molecule has 0 radical (unpaired) electrons. The van der Waals surface area contributed by atoms with Gasteiger partial charge in [0.05, 0.1) is 52.5 Å². The van der Waals surface area contributed by atoms with Gasteiger partial charge in [-0.1, -0.05) is 0 Å². The molecule has 6 aromatic rings. The molecular weight excluding hydrogens is 422 g/mol. The SMILES string of the molecule is COc1cc2ncc3c4c2c(oc2ccc(C(C)=O)cc2n4c(=O)n3C)c1-c1cnn(C)c1. The second-order valence-corrected chi connectivity index (χ2v) is 8.09. The molecule has 0 bridgehead atoms. The van der Waals surface area contributed by atoms with E-state index >= 15 is 0 Å². The van der Waals surface area contributed by atoms with Crippen molar-refractivity contribution in [2.75, 3.05) is 7.11 Å². The van der Waals surface area contributed by atoms with Gasteiger partial charge in [-0.15, -0.1) is 0 Å². The van der Waals surface area contributed by atoms with Crippen LogP contribution in [0.25, 0.3) is 49.7 Å². The molecule has 33 heavy (non-hydrogen) atoms. The average Bonchev–Trinajstić information content (AvgIpc) is 3.29. The van der Waals surface area contributed by atoms with Gasteiger partial charge in [0.1, 0.15) is 5.75 Å². The molecule has 9 nitrogen and oxygen atoms in total. The lowest BCUT2D eigenvalue weighted by Crippen LogP contribution is -2.17. The first-order valence-corrected chi connectivity index (χ1v) is 10.3. The molecule has 164 valence electrons. The van der Waals surface area contributed by atoms with Crippen molar-refractivity contribution in [2.24, 2.45) is 14.1 Å². The summed E-state index contributed by atoms with van der Waals surface area (Å²) in [4.78, 5) is 30.1. The maximum Gasteiger partial charge on any atom is 0.333 e. The minimum absolute atomic E-state index is 0.0996. The molecular formula is C24H19N5O4. The molecule has 0 atom stereocenters. The number of ketones is 1. The third-order valence-corrected chi connectivity index (χ3v) is 6.12. The Kier molecular flexibility index (Phi) is 3.83. The van der Waals surface area contributed by atoms with E-state index in [1.165, 1.54) is 6.92 Å². The van der Waals surface area contributed by atoms with E-state index in [4.69, 9.17) is 9.15 Å². The summed E-state index contributed by atoms with van der Waals surface area (Å²) in [5.74, 6) is 0.475. The monoisotopic (exact) mass is 441 g/mol. The first-order chi connectivity index (χ1) is 15.9. The summed E-state index contributed by atoms with van der Waals surface area (Å²) in [6.07, 6.45) is 5.28. The van der Waals surface area contributed by atoms with Crippen LogP contribution in [0.4, 0.5) is 0 Å². The number of Topliss-reactive ketones (excluding diaryl/α,β-unsaturated/α-hetero) is 1. The lowest BCUT2D eigenvalue weighted by atomic mass is 10.0. The standard InChI is InChI=1S/C24H19N5O4/c1-12(30)13-5-6-18-16(7-13)29-22-17(28(3)24(29)31)10-25-15-8-19(32-4)20(23(33-18)21(15)22)14-9-26-27(2)11-14/h5-11H,1-4H3. The van der Waals surface area contributed by atoms with Gasteiger partial charge in [-0.2, -0.15) is 5.10 Å².